The van der Waals surface area contributed by atoms with Crippen LogP contribution in [0.5, 0.6) is 0 Å². The van der Waals surface area contributed by atoms with Gasteiger partial charge in [0.25, 0.3) is 0 Å². The molecule has 0 aromatic rings. The lowest BCUT2D eigenvalue weighted by molar-refractivity contribution is -0.124. The van der Waals surface area contributed by atoms with Gasteiger partial charge >= 0.3 is 0 Å². The molecule has 0 radical (unpaired) electrons. The Labute approximate surface area is 97.5 Å². The van der Waals surface area contributed by atoms with Crippen molar-refractivity contribution in [2.75, 3.05) is 6.54 Å². The van der Waals surface area contributed by atoms with Gasteiger partial charge in [-0.1, -0.05) is 11.6 Å². The molecule has 16 heavy (non-hydrogen) atoms. The summed E-state index contributed by atoms with van der Waals surface area (Å²) in [7, 11) is 0. The molecule has 2 aliphatic carbocycles. The van der Waals surface area contributed by atoms with Crippen LogP contribution in [0.2, 0.25) is 0 Å². The van der Waals surface area contributed by atoms with Gasteiger partial charge in [-0.3, -0.25) is 4.79 Å². The van der Waals surface area contributed by atoms with Crippen LogP contribution in [0.15, 0.2) is 11.6 Å². The van der Waals surface area contributed by atoms with Crippen molar-refractivity contribution in [3.05, 3.63) is 11.6 Å². The average molecular weight is 222 g/mol. The lowest BCUT2D eigenvalue weighted by Gasteiger charge is -2.10. The largest absolute Gasteiger partial charge is 0.356 e. The molecule has 0 aromatic carbocycles. The van der Waals surface area contributed by atoms with Gasteiger partial charge in [0.2, 0.25) is 5.91 Å². The quantitative estimate of drug-likeness (QED) is 0.712. The topological polar surface area (TPSA) is 55.1 Å². The second-order valence-electron chi connectivity index (χ2n) is 5.07. The van der Waals surface area contributed by atoms with Crippen LogP contribution in [0.3, 0.4) is 0 Å². The van der Waals surface area contributed by atoms with E-state index < -0.39 is 0 Å². The summed E-state index contributed by atoms with van der Waals surface area (Å²) in [6, 6.07) is 0.244. The zero-order valence-electron chi connectivity index (χ0n) is 9.87. The van der Waals surface area contributed by atoms with Gasteiger partial charge < -0.3 is 11.1 Å². The second kappa shape index (κ2) is 5.48. The highest BCUT2D eigenvalue weighted by Gasteiger charge is 2.27. The van der Waals surface area contributed by atoms with Gasteiger partial charge in [-0.25, -0.2) is 0 Å². The zero-order chi connectivity index (χ0) is 11.4. The summed E-state index contributed by atoms with van der Waals surface area (Å²) in [5.41, 5.74) is 7.32. The van der Waals surface area contributed by atoms with E-state index in [-0.39, 0.29) is 17.9 Å². The van der Waals surface area contributed by atoms with Crippen molar-refractivity contribution in [1.29, 1.82) is 0 Å². The Morgan fingerprint density at radius 3 is 3.00 bits per heavy atom. The van der Waals surface area contributed by atoms with Crippen LogP contribution in [-0.2, 0) is 4.79 Å². The van der Waals surface area contributed by atoms with E-state index in [1.807, 2.05) is 0 Å². The molecule has 0 aliphatic heterocycles. The molecule has 2 aliphatic rings. The fraction of sp³-hybridized carbons (Fsp3) is 0.769. The molecular formula is C13H22N2O. The van der Waals surface area contributed by atoms with Gasteiger partial charge in [0.05, 0.1) is 0 Å². The highest BCUT2D eigenvalue weighted by molar-refractivity contribution is 5.78. The summed E-state index contributed by atoms with van der Waals surface area (Å²) in [5, 5.41) is 3.04. The number of hydrogen-bond acceptors (Lipinski definition) is 2. The number of allylic oxidation sites excluding steroid dienone is 1. The van der Waals surface area contributed by atoms with Crippen molar-refractivity contribution in [3.63, 3.8) is 0 Å². The van der Waals surface area contributed by atoms with Crippen molar-refractivity contribution in [1.82, 2.24) is 5.32 Å². The molecule has 3 nitrogen and oxygen atoms in total. The van der Waals surface area contributed by atoms with Crippen LogP contribution in [-0.4, -0.2) is 18.5 Å². The Morgan fingerprint density at radius 1 is 1.50 bits per heavy atom. The van der Waals surface area contributed by atoms with Crippen LogP contribution in [0, 0.1) is 5.92 Å². The number of hydrogen-bond donors (Lipinski definition) is 2. The Bertz CT molecular complexity index is 286. The van der Waals surface area contributed by atoms with Crippen molar-refractivity contribution >= 4 is 5.91 Å². The van der Waals surface area contributed by atoms with E-state index in [9.17, 15) is 4.79 Å². The molecule has 3 N–H and O–H groups in total. The van der Waals surface area contributed by atoms with E-state index in [2.05, 4.69) is 11.4 Å². The molecule has 1 amide bonds. The number of nitrogens with one attached hydrogen (secondary N) is 1. The highest BCUT2D eigenvalue weighted by atomic mass is 16.1. The molecule has 2 atom stereocenters. The maximum absolute atomic E-state index is 11.8. The second-order valence-corrected chi connectivity index (χ2v) is 5.07. The van der Waals surface area contributed by atoms with E-state index in [0.717, 1.165) is 32.2 Å². The summed E-state index contributed by atoms with van der Waals surface area (Å²) in [6.07, 6.45) is 9.93. The van der Waals surface area contributed by atoms with E-state index in [1.165, 1.54) is 24.8 Å². The Hall–Kier alpha value is -0.830. The molecule has 0 heterocycles. The molecule has 0 bridgehead atoms. The summed E-state index contributed by atoms with van der Waals surface area (Å²) >= 11 is 0. The van der Waals surface area contributed by atoms with E-state index in [1.54, 1.807) is 0 Å². The molecule has 0 spiro atoms. The van der Waals surface area contributed by atoms with Gasteiger partial charge in [0.1, 0.15) is 0 Å². The average Bonchev–Trinajstić information content (AvgIpc) is 2.89. The van der Waals surface area contributed by atoms with Crippen LogP contribution >= 0.6 is 0 Å². The van der Waals surface area contributed by atoms with Crippen molar-refractivity contribution < 1.29 is 4.79 Å². The normalized spacial score (nSPS) is 29.2. The number of nitrogens with two attached hydrogens (primary N) is 1. The van der Waals surface area contributed by atoms with Crippen molar-refractivity contribution in [2.24, 2.45) is 11.7 Å². The first-order chi connectivity index (χ1) is 7.75. The molecule has 2 unspecified atom stereocenters. The third kappa shape index (κ3) is 3.08. The fourth-order valence-corrected chi connectivity index (χ4v) is 2.71. The minimum Gasteiger partial charge on any atom is -0.356 e. The lowest BCUT2D eigenvalue weighted by Crippen LogP contribution is -2.31. The smallest absolute Gasteiger partial charge is 0.223 e. The first kappa shape index (κ1) is 11.6. The summed E-state index contributed by atoms with van der Waals surface area (Å²) in [4.78, 5) is 11.8. The molecular weight excluding hydrogens is 200 g/mol. The number of carbonyl (C=O) groups excluding carboxylic acids is 1. The van der Waals surface area contributed by atoms with Crippen molar-refractivity contribution in [3.8, 4) is 0 Å². The van der Waals surface area contributed by atoms with Crippen LogP contribution in [0.25, 0.3) is 0 Å². The summed E-state index contributed by atoms with van der Waals surface area (Å²) in [6.45, 7) is 0.802. The first-order valence-electron chi connectivity index (χ1n) is 6.47. The fourth-order valence-electron chi connectivity index (χ4n) is 2.71. The third-order valence-corrected chi connectivity index (χ3v) is 3.72. The standard InChI is InChI=1S/C13H22N2O/c14-12-6-5-11(9-12)13(16)15-8-7-10-3-1-2-4-10/h3,11-12H,1-2,4-9,14H2,(H,15,16). The van der Waals surface area contributed by atoms with Gasteiger partial charge in [-0.05, 0) is 44.9 Å². The maximum atomic E-state index is 11.8. The molecule has 0 saturated heterocycles. The predicted octanol–water partition coefficient (Wildman–Crippen LogP) is 1.73. The summed E-state index contributed by atoms with van der Waals surface area (Å²) < 4.78 is 0. The van der Waals surface area contributed by atoms with E-state index >= 15 is 0 Å². The molecule has 3 heteroatoms. The van der Waals surface area contributed by atoms with Gasteiger partial charge in [0, 0.05) is 18.5 Å². The van der Waals surface area contributed by atoms with Gasteiger partial charge in [0.15, 0.2) is 0 Å². The summed E-state index contributed by atoms with van der Waals surface area (Å²) in [5.74, 6) is 0.388. The van der Waals surface area contributed by atoms with Crippen LogP contribution in [0.1, 0.15) is 44.9 Å². The zero-order valence-corrected chi connectivity index (χ0v) is 9.87. The van der Waals surface area contributed by atoms with Gasteiger partial charge in [-0.2, -0.15) is 0 Å². The van der Waals surface area contributed by atoms with Crippen molar-refractivity contribution in [2.45, 2.75) is 51.0 Å². The Kier molecular flexibility index (Phi) is 3.99. The minimum absolute atomic E-state index is 0.174. The van der Waals surface area contributed by atoms with Gasteiger partial charge in [-0.15, -0.1) is 0 Å². The van der Waals surface area contributed by atoms with E-state index in [4.69, 9.17) is 5.73 Å². The lowest BCUT2D eigenvalue weighted by atomic mass is 10.1. The van der Waals surface area contributed by atoms with Crippen LogP contribution < -0.4 is 11.1 Å². The first-order valence-corrected chi connectivity index (χ1v) is 6.47. The number of rotatable bonds is 4. The minimum atomic E-state index is 0.174. The maximum Gasteiger partial charge on any atom is 0.223 e. The van der Waals surface area contributed by atoms with Crippen LogP contribution in [0.4, 0.5) is 0 Å². The highest BCUT2D eigenvalue weighted by Crippen LogP contribution is 2.24. The molecule has 90 valence electrons. The molecule has 1 fully saturated rings. The Morgan fingerprint density at radius 2 is 2.38 bits per heavy atom. The van der Waals surface area contributed by atoms with E-state index in [0.29, 0.717) is 0 Å². The molecule has 1 saturated carbocycles. The molecule has 2 rings (SSSR count). The Balaban J connectivity index is 1.64. The number of amides is 1. The SMILES string of the molecule is NC1CCC(C(=O)NCCC2=CCCC2)C1. The molecule has 0 aromatic heterocycles. The number of carbonyl (C=O) groups is 1. The predicted molar refractivity (Wildman–Crippen MR) is 64.9 cm³/mol. The third-order valence-electron chi connectivity index (χ3n) is 3.72. The monoisotopic (exact) mass is 222 g/mol.